The summed E-state index contributed by atoms with van der Waals surface area (Å²) in [5, 5.41) is 0.636. The quantitative estimate of drug-likeness (QED) is 0.350. The van der Waals surface area contributed by atoms with E-state index in [-0.39, 0.29) is 0 Å². The molecule has 0 saturated heterocycles. The third-order valence-electron chi connectivity index (χ3n) is 1.50. The largest absolute Gasteiger partial charge is 0.383 e. The van der Waals surface area contributed by atoms with Gasteiger partial charge in [0.15, 0.2) is 5.16 Å². The zero-order valence-corrected chi connectivity index (χ0v) is 9.31. The molecule has 0 aromatic carbocycles. The molecular formula is C8H13ClN4S. The molecule has 6 heteroatoms. The van der Waals surface area contributed by atoms with Crippen LogP contribution in [0.4, 0.5) is 11.6 Å². The second-order valence-corrected chi connectivity index (χ2v) is 4.18. The number of nitrogens with two attached hydrogens (primary N) is 2. The molecule has 0 bridgehead atoms. The Bertz CT molecular complexity index is 274. The molecule has 1 aromatic rings. The number of unbranched alkanes of at least 4 members (excludes halogenated alkanes) is 1. The standard InChI is InChI=1S/C8H13ClN4S/c9-3-1-2-4-14-8-12-6(10)5-7(11)13-8/h5H,1-4H2,(H4,10,11,12,13). The Kier molecular flexibility index (Phi) is 4.82. The van der Waals surface area contributed by atoms with Gasteiger partial charge in [-0.05, 0) is 12.8 Å². The van der Waals surface area contributed by atoms with Gasteiger partial charge in [-0.15, -0.1) is 11.6 Å². The van der Waals surface area contributed by atoms with Crippen LogP contribution in [0, 0.1) is 0 Å². The van der Waals surface area contributed by atoms with Gasteiger partial charge in [0.1, 0.15) is 11.6 Å². The van der Waals surface area contributed by atoms with Crippen molar-refractivity contribution in [2.45, 2.75) is 18.0 Å². The molecule has 0 fully saturated rings. The van der Waals surface area contributed by atoms with Crippen LogP contribution in [0.15, 0.2) is 11.2 Å². The molecule has 4 nitrogen and oxygen atoms in total. The van der Waals surface area contributed by atoms with Gasteiger partial charge in [0, 0.05) is 17.7 Å². The van der Waals surface area contributed by atoms with E-state index < -0.39 is 0 Å². The van der Waals surface area contributed by atoms with Crippen molar-refractivity contribution in [3.8, 4) is 0 Å². The van der Waals surface area contributed by atoms with Crippen molar-refractivity contribution in [1.29, 1.82) is 0 Å². The van der Waals surface area contributed by atoms with Crippen molar-refractivity contribution in [2.75, 3.05) is 23.1 Å². The summed E-state index contributed by atoms with van der Waals surface area (Å²) >= 11 is 7.10. The van der Waals surface area contributed by atoms with E-state index in [2.05, 4.69) is 9.97 Å². The first kappa shape index (κ1) is 11.4. The molecule has 0 spiro atoms. The Balaban J connectivity index is 2.42. The van der Waals surface area contributed by atoms with Gasteiger partial charge >= 0.3 is 0 Å². The molecule has 4 N–H and O–H groups in total. The fourth-order valence-corrected chi connectivity index (χ4v) is 1.95. The Morgan fingerprint density at radius 2 is 1.86 bits per heavy atom. The maximum atomic E-state index is 5.55. The number of anilines is 2. The lowest BCUT2D eigenvalue weighted by Gasteiger charge is -2.01. The number of rotatable bonds is 5. The first-order chi connectivity index (χ1) is 6.72. The molecule has 14 heavy (non-hydrogen) atoms. The summed E-state index contributed by atoms with van der Waals surface area (Å²) in [4.78, 5) is 8.10. The third-order valence-corrected chi connectivity index (χ3v) is 2.71. The van der Waals surface area contributed by atoms with Crippen LogP contribution >= 0.6 is 23.4 Å². The topological polar surface area (TPSA) is 77.8 Å². The Labute approximate surface area is 92.4 Å². The van der Waals surface area contributed by atoms with Gasteiger partial charge in [-0.25, -0.2) is 9.97 Å². The van der Waals surface area contributed by atoms with Gasteiger partial charge < -0.3 is 11.5 Å². The molecular weight excluding hydrogens is 220 g/mol. The average Bonchev–Trinajstić information content (AvgIpc) is 2.11. The van der Waals surface area contributed by atoms with Crippen molar-refractivity contribution < 1.29 is 0 Å². The van der Waals surface area contributed by atoms with E-state index in [4.69, 9.17) is 23.1 Å². The molecule has 0 aliphatic heterocycles. The van der Waals surface area contributed by atoms with Crippen molar-refractivity contribution >= 4 is 35.0 Å². The first-order valence-electron chi connectivity index (χ1n) is 4.31. The van der Waals surface area contributed by atoms with Crippen LogP contribution in [-0.4, -0.2) is 21.6 Å². The van der Waals surface area contributed by atoms with E-state index in [1.165, 1.54) is 0 Å². The smallest absolute Gasteiger partial charge is 0.191 e. The molecule has 0 unspecified atom stereocenters. The fraction of sp³-hybridized carbons (Fsp3) is 0.500. The van der Waals surface area contributed by atoms with Crippen LogP contribution < -0.4 is 11.5 Å². The zero-order valence-electron chi connectivity index (χ0n) is 7.74. The van der Waals surface area contributed by atoms with Crippen LogP contribution in [-0.2, 0) is 0 Å². The summed E-state index contributed by atoms with van der Waals surface area (Å²) in [6, 6.07) is 1.54. The van der Waals surface area contributed by atoms with Crippen LogP contribution in [0.1, 0.15) is 12.8 Å². The number of aromatic nitrogens is 2. The maximum absolute atomic E-state index is 5.55. The highest BCUT2D eigenvalue weighted by Gasteiger charge is 2.00. The van der Waals surface area contributed by atoms with Crippen molar-refractivity contribution in [2.24, 2.45) is 0 Å². The summed E-state index contributed by atoms with van der Waals surface area (Å²) in [6.07, 6.45) is 2.05. The monoisotopic (exact) mass is 232 g/mol. The Morgan fingerprint density at radius 3 is 2.43 bits per heavy atom. The molecule has 0 saturated carbocycles. The highest BCUT2D eigenvalue weighted by atomic mass is 35.5. The normalized spacial score (nSPS) is 10.4. The number of hydrogen-bond donors (Lipinski definition) is 2. The molecule has 0 aliphatic rings. The molecule has 1 rings (SSSR count). The minimum absolute atomic E-state index is 0.414. The molecule has 0 atom stereocenters. The van der Waals surface area contributed by atoms with Crippen LogP contribution in [0.25, 0.3) is 0 Å². The lowest BCUT2D eigenvalue weighted by molar-refractivity contribution is 0.895. The van der Waals surface area contributed by atoms with E-state index in [9.17, 15) is 0 Å². The van der Waals surface area contributed by atoms with Gasteiger partial charge in [0.2, 0.25) is 0 Å². The second-order valence-electron chi connectivity index (χ2n) is 2.74. The fourth-order valence-electron chi connectivity index (χ4n) is 0.887. The summed E-state index contributed by atoms with van der Waals surface area (Å²) in [5.74, 6) is 2.46. The van der Waals surface area contributed by atoms with E-state index in [0.29, 0.717) is 22.7 Å². The molecule has 0 aliphatic carbocycles. The summed E-state index contributed by atoms with van der Waals surface area (Å²) in [7, 11) is 0. The number of alkyl halides is 1. The lowest BCUT2D eigenvalue weighted by Crippen LogP contribution is -1.99. The molecule has 78 valence electrons. The van der Waals surface area contributed by atoms with Crippen LogP contribution in [0.3, 0.4) is 0 Å². The summed E-state index contributed by atoms with van der Waals surface area (Å²) in [5.41, 5.74) is 11.0. The highest BCUT2D eigenvalue weighted by molar-refractivity contribution is 7.99. The first-order valence-corrected chi connectivity index (χ1v) is 5.83. The second kappa shape index (κ2) is 5.93. The van der Waals surface area contributed by atoms with Crippen molar-refractivity contribution in [1.82, 2.24) is 9.97 Å². The summed E-state index contributed by atoms with van der Waals surface area (Å²) < 4.78 is 0. The number of halogens is 1. The Morgan fingerprint density at radius 1 is 1.21 bits per heavy atom. The Hall–Kier alpha value is -0.680. The lowest BCUT2D eigenvalue weighted by atomic mass is 10.4. The average molecular weight is 233 g/mol. The van der Waals surface area contributed by atoms with Gasteiger partial charge in [-0.3, -0.25) is 0 Å². The van der Waals surface area contributed by atoms with Crippen LogP contribution in [0.5, 0.6) is 0 Å². The molecule has 0 amide bonds. The predicted molar refractivity (Wildman–Crippen MR) is 61.5 cm³/mol. The maximum Gasteiger partial charge on any atom is 0.191 e. The third kappa shape index (κ3) is 4.02. The number of nitrogen functional groups attached to an aromatic ring is 2. The minimum atomic E-state index is 0.414. The van der Waals surface area contributed by atoms with E-state index in [0.717, 1.165) is 18.6 Å². The minimum Gasteiger partial charge on any atom is -0.383 e. The molecule has 0 radical (unpaired) electrons. The number of hydrogen-bond acceptors (Lipinski definition) is 5. The van der Waals surface area contributed by atoms with Crippen LogP contribution in [0.2, 0.25) is 0 Å². The summed E-state index contributed by atoms with van der Waals surface area (Å²) in [6.45, 7) is 0. The predicted octanol–water partition coefficient (Wildman–Crippen LogP) is 1.75. The molecule has 1 heterocycles. The van der Waals surface area contributed by atoms with Gasteiger partial charge in [-0.1, -0.05) is 11.8 Å². The number of nitrogens with zero attached hydrogens (tertiary/aromatic N) is 2. The number of thioether (sulfide) groups is 1. The van der Waals surface area contributed by atoms with Crippen molar-refractivity contribution in [3.05, 3.63) is 6.07 Å². The van der Waals surface area contributed by atoms with E-state index in [1.54, 1.807) is 17.8 Å². The van der Waals surface area contributed by atoms with Crippen molar-refractivity contribution in [3.63, 3.8) is 0 Å². The SMILES string of the molecule is Nc1cc(N)nc(SCCCCCl)n1. The van der Waals surface area contributed by atoms with E-state index >= 15 is 0 Å². The van der Waals surface area contributed by atoms with Gasteiger partial charge in [0.05, 0.1) is 0 Å². The van der Waals surface area contributed by atoms with E-state index in [1.807, 2.05) is 0 Å². The molecule has 1 aromatic heterocycles. The highest BCUT2D eigenvalue weighted by Crippen LogP contribution is 2.17. The van der Waals surface area contributed by atoms with Gasteiger partial charge in [0.25, 0.3) is 0 Å². The zero-order chi connectivity index (χ0) is 10.4. The van der Waals surface area contributed by atoms with Gasteiger partial charge in [-0.2, -0.15) is 0 Å².